The summed E-state index contributed by atoms with van der Waals surface area (Å²) in [6.07, 6.45) is 0. The number of carbonyl (C=O) groups is 4. The van der Waals surface area contributed by atoms with Crippen LogP contribution >= 0.6 is 0 Å². The van der Waals surface area contributed by atoms with E-state index in [0.717, 1.165) is 27.7 Å². The molecule has 0 aromatic carbocycles. The molecule has 0 rings (SSSR count). The molecule has 0 bridgehead atoms. The molecule has 0 saturated carbocycles. The summed E-state index contributed by atoms with van der Waals surface area (Å²) in [5.41, 5.74) is 0. The minimum absolute atomic E-state index is 0.538. The first-order valence-corrected chi connectivity index (χ1v) is 6.99. The third kappa shape index (κ3) is 401. The Morgan fingerprint density at radius 2 is 0.667 bits per heavy atom. The maximum atomic E-state index is 8.89. The topological polar surface area (TPSA) is 167 Å². The van der Waals surface area contributed by atoms with Crippen molar-refractivity contribution in [2.45, 2.75) is 27.7 Å². The van der Waals surface area contributed by atoms with Gasteiger partial charge < -0.3 is 39.6 Å². The van der Waals surface area contributed by atoms with E-state index in [2.05, 4.69) is 64.9 Å². The van der Waals surface area contributed by atoms with Gasteiger partial charge in [-0.15, -0.1) is 0 Å². The van der Waals surface area contributed by atoms with Crippen LogP contribution in [0, 0.1) is 0 Å². The molecular weight excluding hydrogens is 530 g/mol. The average Bonchev–Trinajstić information content (AvgIpc) is 2.22. The number of carbonyl (C=O) groups excluding carboxylic acids is 4. The van der Waals surface area contributed by atoms with Crippen LogP contribution in [0.25, 0.3) is 0 Å². The van der Waals surface area contributed by atoms with Crippen LogP contribution in [0.4, 0.5) is 0 Å². The molecule has 0 aromatic rings. The zero-order valence-electron chi connectivity index (χ0n) is 12.8. The van der Waals surface area contributed by atoms with Crippen molar-refractivity contribution in [2.75, 3.05) is 13.1 Å². The van der Waals surface area contributed by atoms with Gasteiger partial charge in [-0.05, 0) is 27.7 Å². The van der Waals surface area contributed by atoms with E-state index in [1.165, 1.54) is 5.87 Å². The minimum atomic E-state index is -1.08. The summed E-state index contributed by atoms with van der Waals surface area (Å²) >= 11 is 18.6. The number of hydrogen-bond donors (Lipinski definition) is 0. The molecule has 0 amide bonds. The van der Waals surface area contributed by atoms with E-state index in [1.54, 1.807) is 0 Å². The van der Waals surface area contributed by atoms with Gasteiger partial charge in [-0.3, -0.25) is 0 Å². The van der Waals surface area contributed by atoms with Gasteiger partial charge >= 0.3 is 83.9 Å². The molecule has 0 atom stereocenters. The first kappa shape index (κ1) is 35.1. The molecule has 0 saturated heterocycles. The summed E-state index contributed by atoms with van der Waals surface area (Å²) in [7, 11) is 0. The number of nitrogens with zero attached hydrogens (tertiary/aromatic N) is 2. The third-order valence-corrected chi connectivity index (χ3v) is 1.21. The van der Waals surface area contributed by atoms with Gasteiger partial charge in [0.05, 0.1) is 0 Å². The van der Waals surface area contributed by atoms with Crippen molar-refractivity contribution in [3.05, 3.63) is 0 Å². The number of carboxylic acids is 4. The summed E-state index contributed by atoms with van der Waals surface area (Å²) in [5, 5.41) is 35.6. The summed E-state index contributed by atoms with van der Waals surface area (Å²) in [4.78, 5) is 35.6. The molecule has 0 heterocycles. The van der Waals surface area contributed by atoms with Gasteiger partial charge in [-0.25, -0.2) is 0 Å². The fourth-order valence-corrected chi connectivity index (χ4v) is 0.497. The van der Waals surface area contributed by atoms with Gasteiger partial charge in [0, 0.05) is 23.9 Å². The molecular formula is C10H16Cu4N2O8. The molecule has 14 heteroatoms. The quantitative estimate of drug-likeness (QED) is 0.312. The van der Waals surface area contributed by atoms with Gasteiger partial charge in [-0.1, -0.05) is 0 Å². The van der Waals surface area contributed by atoms with Gasteiger partial charge in [0.25, 0.3) is 0 Å². The van der Waals surface area contributed by atoms with Gasteiger partial charge in [0.2, 0.25) is 0 Å². The Hall–Kier alpha value is -0.122. The molecule has 158 valence electrons. The molecule has 0 aromatic heterocycles. The summed E-state index contributed by atoms with van der Waals surface area (Å²) in [5.74, 6) is -4.33. The number of aliphatic carboxylic acids is 4. The Bertz CT molecular complexity index is 271. The van der Waals surface area contributed by atoms with Gasteiger partial charge in [0.1, 0.15) is 0 Å². The summed E-state index contributed by atoms with van der Waals surface area (Å²) in [6, 6.07) is 0. The van der Waals surface area contributed by atoms with E-state index in [0.29, 0.717) is 13.1 Å². The molecule has 0 radical (unpaired) electrons. The van der Waals surface area contributed by atoms with Crippen LogP contribution in [0.3, 0.4) is 0 Å². The monoisotopic (exact) mass is 544 g/mol. The molecule has 10 nitrogen and oxygen atoms in total. The zero-order valence-corrected chi connectivity index (χ0v) is 16.5. The third-order valence-electron chi connectivity index (χ3n) is 0.370. The molecule has 0 aliphatic carbocycles. The average molecular weight is 546 g/mol. The molecule has 0 unspecified atom stereocenters. The summed E-state index contributed by atoms with van der Waals surface area (Å²) in [6.45, 7) is 4.97. The molecule has 0 N–H and O–H groups in total. The SMILES string of the molecule is CC(=O)[O-].CC(=O)[O-].CC(=O)[O-].CC(=O)[O-].[Cu+][N]([Cu+])CC[N]([Cu+])[Cu+]. The van der Waals surface area contributed by atoms with Crippen molar-refractivity contribution < 1.29 is 105 Å². The maximum absolute atomic E-state index is 8.89. The standard InChI is InChI=1S/C2H4N2.4C2H4O2.4Cu/c3-1-2-4;4*1-2(3)4;;;;/h1-2H2;4*1H3,(H,3,4);;;;/q;;;;;4*+1/p-4. The second kappa shape index (κ2) is 27.7. The number of carboxylic acid groups (broad SMARTS) is 4. The van der Waals surface area contributed by atoms with E-state index < -0.39 is 23.9 Å². The number of hydrogen-bond acceptors (Lipinski definition) is 10. The Balaban J connectivity index is -0.0000000657. The fourth-order valence-electron chi connectivity index (χ4n) is 0.121. The fraction of sp³-hybridized carbons (Fsp3) is 0.600. The Kier molecular flexibility index (Phi) is 40.5. The van der Waals surface area contributed by atoms with E-state index in [9.17, 15) is 0 Å². The normalized spacial score (nSPS) is 8.08. The molecule has 24 heavy (non-hydrogen) atoms. The van der Waals surface area contributed by atoms with Crippen LogP contribution in [0.15, 0.2) is 0 Å². The van der Waals surface area contributed by atoms with Crippen molar-refractivity contribution in [2.24, 2.45) is 0 Å². The predicted molar refractivity (Wildman–Crippen MR) is 56.1 cm³/mol. The molecule has 0 aliphatic heterocycles. The Morgan fingerprint density at radius 3 is 0.708 bits per heavy atom. The first-order chi connectivity index (χ1) is 10.6. The van der Waals surface area contributed by atoms with Crippen molar-refractivity contribution in [3.63, 3.8) is 0 Å². The van der Waals surface area contributed by atoms with Crippen molar-refractivity contribution in [1.29, 1.82) is 0 Å². The summed E-state index contributed by atoms with van der Waals surface area (Å²) < 4.78 is 2.33. The van der Waals surface area contributed by atoms with E-state index in [1.807, 2.05) is 0 Å². The first-order valence-electron chi connectivity index (χ1n) is 5.30. The van der Waals surface area contributed by atoms with Crippen molar-refractivity contribution in [3.8, 4) is 0 Å². The van der Waals surface area contributed by atoms with Crippen LogP contribution in [0.5, 0.6) is 0 Å². The molecule has 0 spiro atoms. The van der Waals surface area contributed by atoms with Crippen LogP contribution < -0.4 is 20.4 Å². The molecule has 0 aliphatic rings. The van der Waals surface area contributed by atoms with Crippen LogP contribution in [-0.2, 0) is 84.1 Å². The van der Waals surface area contributed by atoms with Gasteiger partial charge in [-0.2, -0.15) is 0 Å². The van der Waals surface area contributed by atoms with E-state index >= 15 is 0 Å². The van der Waals surface area contributed by atoms with E-state index in [-0.39, 0.29) is 0 Å². The van der Waals surface area contributed by atoms with E-state index in [4.69, 9.17) is 39.6 Å². The predicted octanol–water partition coefficient (Wildman–Crippen LogP) is -5.54. The zero-order chi connectivity index (χ0) is 20.9. The van der Waals surface area contributed by atoms with Crippen LogP contribution in [0.2, 0.25) is 0 Å². The molecule has 0 fully saturated rings. The second-order valence-corrected chi connectivity index (χ2v) is 5.37. The van der Waals surface area contributed by atoms with Crippen molar-refractivity contribution in [1.82, 2.24) is 5.87 Å². The van der Waals surface area contributed by atoms with Crippen LogP contribution in [-0.4, -0.2) is 42.8 Å². The van der Waals surface area contributed by atoms with Crippen molar-refractivity contribution >= 4 is 23.9 Å². The number of rotatable bonds is 3. The van der Waals surface area contributed by atoms with Gasteiger partial charge in [0.15, 0.2) is 0 Å². The Labute approximate surface area is 174 Å². The van der Waals surface area contributed by atoms with Crippen LogP contribution in [0.1, 0.15) is 27.7 Å². The Morgan fingerprint density at radius 1 is 0.583 bits per heavy atom. The second-order valence-electron chi connectivity index (χ2n) is 2.88.